The lowest BCUT2D eigenvalue weighted by atomic mass is 9.87. The first-order chi connectivity index (χ1) is 23.4. The summed E-state index contributed by atoms with van der Waals surface area (Å²) < 4.78 is 31.1. The van der Waals surface area contributed by atoms with Gasteiger partial charge in [0.15, 0.2) is 0 Å². The predicted molar refractivity (Wildman–Crippen MR) is 222 cm³/mol. The van der Waals surface area contributed by atoms with Crippen LogP contribution in [0, 0.1) is 0 Å². The van der Waals surface area contributed by atoms with E-state index >= 15 is 0 Å². The Hall–Kier alpha value is -3.47. The second-order valence-corrected chi connectivity index (χ2v) is 14.9. The van der Waals surface area contributed by atoms with E-state index in [1.165, 1.54) is 11.1 Å². The van der Waals surface area contributed by atoms with Gasteiger partial charge in [-0.25, -0.2) is 0 Å². The summed E-state index contributed by atoms with van der Waals surface area (Å²) in [6, 6.07) is 33.1. The first kappa shape index (κ1) is 54.3. The molecule has 2 heterocycles. The van der Waals surface area contributed by atoms with Gasteiger partial charge < -0.3 is 0 Å². The van der Waals surface area contributed by atoms with Gasteiger partial charge in [0.1, 0.15) is 0 Å². The molecule has 0 saturated heterocycles. The van der Waals surface area contributed by atoms with E-state index in [9.17, 15) is 13.2 Å². The van der Waals surface area contributed by atoms with Crippen molar-refractivity contribution in [3.8, 4) is 0 Å². The topological polar surface area (TPSA) is 25.8 Å². The quantitative estimate of drug-likeness (QED) is 0.181. The monoisotopic (exact) mass is 713 g/mol. The summed E-state index contributed by atoms with van der Waals surface area (Å²) in [6.45, 7) is 38.5. The number of hydrogen-bond donors (Lipinski definition) is 0. The molecule has 5 heteroatoms. The maximum atomic E-state index is 10.4. The van der Waals surface area contributed by atoms with Crippen LogP contribution in [-0.2, 0) is 21.7 Å². The van der Waals surface area contributed by atoms with E-state index in [-0.39, 0.29) is 17.8 Å². The standard InChI is InChI=1S/2C10H14.2C9H13N.C2H3F3.3C2H6/c2*1-10(2,3)9-7-5-4-6-8-9;2*1-9(2,3)8-6-4-5-7-10-8;1-2(3,4)5;3*1-2/h2*4-8H,1-3H3;2*4-7H,1-3H3;1H3;3*1-2H3. The summed E-state index contributed by atoms with van der Waals surface area (Å²) in [5, 5.41) is 0. The number of alkyl halides is 3. The van der Waals surface area contributed by atoms with Crippen LogP contribution < -0.4 is 0 Å². The number of nitrogens with zero attached hydrogens (tertiary/aromatic N) is 2. The fraction of sp³-hybridized carbons (Fsp3) is 0.522. The lowest BCUT2D eigenvalue weighted by molar-refractivity contribution is -0.110. The van der Waals surface area contributed by atoms with E-state index in [2.05, 4.69) is 166 Å². The van der Waals surface area contributed by atoms with E-state index in [1.54, 1.807) is 0 Å². The molecule has 0 unspecified atom stereocenters. The van der Waals surface area contributed by atoms with Crippen molar-refractivity contribution in [1.82, 2.24) is 9.97 Å². The van der Waals surface area contributed by atoms with Crippen LogP contribution in [0.5, 0.6) is 0 Å². The van der Waals surface area contributed by atoms with Gasteiger partial charge in [0, 0.05) is 41.5 Å². The Morgan fingerprint density at radius 3 is 0.667 bits per heavy atom. The Labute approximate surface area is 313 Å². The lowest BCUT2D eigenvalue weighted by Gasteiger charge is -2.18. The van der Waals surface area contributed by atoms with Crippen molar-refractivity contribution >= 4 is 0 Å². The highest BCUT2D eigenvalue weighted by Crippen LogP contribution is 2.22. The highest BCUT2D eigenvalue weighted by atomic mass is 19.4. The zero-order valence-electron chi connectivity index (χ0n) is 35.9. The van der Waals surface area contributed by atoms with Crippen LogP contribution in [0.1, 0.15) is 154 Å². The Morgan fingerprint density at radius 1 is 0.333 bits per heavy atom. The van der Waals surface area contributed by atoms with Crippen LogP contribution in [-0.4, -0.2) is 16.1 Å². The number of aromatic nitrogens is 2. The first-order valence-corrected chi connectivity index (χ1v) is 18.4. The van der Waals surface area contributed by atoms with Gasteiger partial charge in [-0.15, -0.1) is 0 Å². The Bertz CT molecular complexity index is 1070. The minimum atomic E-state index is -4.00. The van der Waals surface area contributed by atoms with Crippen LogP contribution in [0.2, 0.25) is 0 Å². The Balaban J connectivity index is -0.000000264. The van der Waals surface area contributed by atoms with E-state index < -0.39 is 6.18 Å². The summed E-state index contributed by atoms with van der Waals surface area (Å²) >= 11 is 0. The number of pyridine rings is 2. The highest BCUT2D eigenvalue weighted by Gasteiger charge is 2.16. The van der Waals surface area contributed by atoms with Crippen LogP contribution in [0.3, 0.4) is 0 Å². The van der Waals surface area contributed by atoms with E-state index in [1.807, 2.05) is 78.2 Å². The lowest BCUT2D eigenvalue weighted by Crippen LogP contribution is -2.12. The van der Waals surface area contributed by atoms with Crippen LogP contribution in [0.25, 0.3) is 0 Å². The minimum Gasteiger partial charge on any atom is -0.261 e. The van der Waals surface area contributed by atoms with Gasteiger partial charge in [-0.05, 0) is 46.2 Å². The van der Waals surface area contributed by atoms with E-state index in [0.29, 0.717) is 10.8 Å². The normalized spacial score (nSPS) is 10.5. The van der Waals surface area contributed by atoms with Crippen molar-refractivity contribution in [2.24, 2.45) is 0 Å². The molecule has 2 nitrogen and oxygen atoms in total. The summed E-state index contributed by atoms with van der Waals surface area (Å²) in [7, 11) is 0. The Kier molecular flexibility index (Phi) is 30.0. The molecule has 4 aromatic rings. The zero-order chi connectivity index (χ0) is 41.0. The molecule has 0 fully saturated rings. The molecule has 2 aromatic carbocycles. The van der Waals surface area contributed by atoms with E-state index in [4.69, 9.17) is 0 Å². The highest BCUT2D eigenvalue weighted by molar-refractivity contribution is 5.23. The summed E-state index contributed by atoms with van der Waals surface area (Å²) in [4.78, 5) is 8.50. The van der Waals surface area contributed by atoms with Gasteiger partial charge in [0.25, 0.3) is 0 Å². The summed E-state index contributed by atoms with van der Waals surface area (Å²) in [5.74, 6) is 0. The molecule has 0 bridgehead atoms. The van der Waals surface area contributed by atoms with Crippen molar-refractivity contribution in [1.29, 1.82) is 0 Å². The Morgan fingerprint density at radius 2 is 0.549 bits per heavy atom. The molecule has 4 rings (SSSR count). The zero-order valence-corrected chi connectivity index (χ0v) is 35.9. The van der Waals surface area contributed by atoms with Crippen LogP contribution in [0.4, 0.5) is 13.2 Å². The molecule has 51 heavy (non-hydrogen) atoms. The molecule has 2 aromatic heterocycles. The van der Waals surface area contributed by atoms with Crippen molar-refractivity contribution in [3.05, 3.63) is 132 Å². The summed E-state index contributed by atoms with van der Waals surface area (Å²) in [5.41, 5.74) is 6.04. The molecular formula is C46H75F3N2. The second kappa shape index (κ2) is 28.2. The number of rotatable bonds is 0. The van der Waals surface area contributed by atoms with Gasteiger partial charge in [-0.3, -0.25) is 9.97 Å². The fourth-order valence-corrected chi connectivity index (χ4v) is 3.49. The SMILES string of the molecule is CC.CC.CC.CC(C)(C)c1ccccc1.CC(C)(C)c1ccccc1.CC(C)(C)c1ccccn1.CC(C)(C)c1ccccn1.CC(F)(F)F. The molecule has 0 atom stereocenters. The predicted octanol–water partition coefficient (Wildman–Crippen LogP) is 15.4. The minimum absolute atomic E-state index is 0.182. The van der Waals surface area contributed by atoms with Gasteiger partial charge in [-0.2, -0.15) is 13.2 Å². The molecule has 0 aliphatic carbocycles. The molecule has 0 amide bonds. The van der Waals surface area contributed by atoms with Crippen molar-refractivity contribution in [2.45, 2.75) is 159 Å². The number of halogens is 3. The molecule has 0 radical (unpaired) electrons. The molecule has 290 valence electrons. The van der Waals surface area contributed by atoms with Gasteiger partial charge >= 0.3 is 6.18 Å². The largest absolute Gasteiger partial charge is 0.386 e. The average Bonchev–Trinajstić information content (AvgIpc) is 3.08. The van der Waals surface area contributed by atoms with Gasteiger partial charge in [0.2, 0.25) is 0 Å². The third-order valence-corrected chi connectivity index (χ3v) is 6.15. The summed E-state index contributed by atoms with van der Waals surface area (Å²) in [6.07, 6.45) is -0.332. The fourth-order valence-electron chi connectivity index (χ4n) is 3.49. The van der Waals surface area contributed by atoms with Crippen molar-refractivity contribution < 1.29 is 13.2 Å². The molecule has 0 aliphatic rings. The number of hydrogen-bond acceptors (Lipinski definition) is 2. The maximum absolute atomic E-state index is 10.4. The van der Waals surface area contributed by atoms with Crippen molar-refractivity contribution in [2.75, 3.05) is 0 Å². The molecule has 0 N–H and O–H groups in total. The van der Waals surface area contributed by atoms with Crippen LogP contribution >= 0.6 is 0 Å². The number of benzene rings is 2. The van der Waals surface area contributed by atoms with Gasteiger partial charge in [-0.1, -0.05) is 197 Å². The molecule has 0 saturated carbocycles. The first-order valence-electron chi connectivity index (χ1n) is 18.4. The average molecular weight is 713 g/mol. The smallest absolute Gasteiger partial charge is 0.261 e. The van der Waals surface area contributed by atoms with Crippen LogP contribution in [0.15, 0.2) is 109 Å². The van der Waals surface area contributed by atoms with Gasteiger partial charge in [0.05, 0.1) is 0 Å². The third kappa shape index (κ3) is 33.4. The molecular weight excluding hydrogens is 638 g/mol. The second-order valence-electron chi connectivity index (χ2n) is 14.9. The third-order valence-electron chi connectivity index (χ3n) is 6.15. The van der Waals surface area contributed by atoms with E-state index in [0.717, 1.165) is 11.4 Å². The van der Waals surface area contributed by atoms with Crippen molar-refractivity contribution in [3.63, 3.8) is 0 Å². The molecule has 0 aliphatic heterocycles. The molecule has 0 spiro atoms. The maximum Gasteiger partial charge on any atom is 0.386 e.